The van der Waals surface area contributed by atoms with Crippen molar-refractivity contribution in [1.29, 1.82) is 0 Å². The molecule has 30 heavy (non-hydrogen) atoms. The van der Waals surface area contributed by atoms with Crippen LogP contribution in [-0.4, -0.2) is 80.8 Å². The van der Waals surface area contributed by atoms with Gasteiger partial charge in [-0.3, -0.25) is 14.6 Å². The first-order chi connectivity index (χ1) is 14.5. The van der Waals surface area contributed by atoms with Crippen LogP contribution in [0.3, 0.4) is 0 Å². The van der Waals surface area contributed by atoms with Crippen LogP contribution in [-0.2, 0) is 19.1 Å². The number of nitrogens with one attached hydrogen (secondary N) is 1. The molecule has 0 aromatic heterocycles. The van der Waals surface area contributed by atoms with Crippen molar-refractivity contribution in [3.05, 3.63) is 29.6 Å². The standard InChI is InChI=1S/C20H25FN4O5/c1-13(26)22-10-16-12-25(20(27)29-16)14-2-3-17(18(21)8-14)19-9-15(30-23-19)11-24-4-6-28-7-5-24/h2-3,8,15-16H,4-7,9-12H2,1H3,(H,22,26)/t15?,16-/m0/s1. The number of anilines is 1. The van der Waals surface area contributed by atoms with E-state index in [1.165, 1.54) is 17.9 Å². The van der Waals surface area contributed by atoms with Crippen molar-refractivity contribution < 1.29 is 28.3 Å². The number of ether oxygens (including phenoxy) is 2. The van der Waals surface area contributed by atoms with Gasteiger partial charge in [0, 0.05) is 38.5 Å². The molecule has 3 heterocycles. The average Bonchev–Trinajstić information content (AvgIpc) is 3.33. The molecule has 0 saturated carbocycles. The van der Waals surface area contributed by atoms with Crippen LogP contribution in [0.25, 0.3) is 0 Å². The summed E-state index contributed by atoms with van der Waals surface area (Å²) in [5, 5.41) is 6.70. The quantitative estimate of drug-likeness (QED) is 0.741. The maximum absolute atomic E-state index is 14.8. The number of hydrogen-bond acceptors (Lipinski definition) is 7. The van der Waals surface area contributed by atoms with E-state index < -0.39 is 18.0 Å². The number of carbonyl (C=O) groups is 2. The number of morpholine rings is 1. The van der Waals surface area contributed by atoms with E-state index in [0.717, 1.165) is 19.6 Å². The first-order valence-electron chi connectivity index (χ1n) is 10.0. The Hall–Kier alpha value is -2.72. The van der Waals surface area contributed by atoms with Gasteiger partial charge in [-0.15, -0.1) is 0 Å². The highest BCUT2D eigenvalue weighted by molar-refractivity contribution is 6.02. The lowest BCUT2D eigenvalue weighted by molar-refractivity contribution is -0.119. The minimum atomic E-state index is -0.565. The van der Waals surface area contributed by atoms with Gasteiger partial charge in [-0.05, 0) is 18.2 Å². The van der Waals surface area contributed by atoms with E-state index in [1.54, 1.807) is 12.1 Å². The van der Waals surface area contributed by atoms with E-state index in [1.807, 2.05) is 0 Å². The third-order valence-electron chi connectivity index (χ3n) is 5.33. The first-order valence-corrected chi connectivity index (χ1v) is 10.0. The van der Waals surface area contributed by atoms with Crippen molar-refractivity contribution in [2.45, 2.75) is 25.6 Å². The summed E-state index contributed by atoms with van der Waals surface area (Å²) in [6.07, 6.45) is -0.624. The molecule has 1 aromatic rings. The lowest BCUT2D eigenvalue weighted by Gasteiger charge is -2.27. The summed E-state index contributed by atoms with van der Waals surface area (Å²) >= 11 is 0. The van der Waals surface area contributed by atoms with Crippen LogP contribution in [0.5, 0.6) is 0 Å². The minimum absolute atomic E-state index is 0.111. The molecule has 4 rings (SSSR count). The zero-order valence-electron chi connectivity index (χ0n) is 16.8. The zero-order valence-corrected chi connectivity index (χ0v) is 16.8. The molecule has 0 bridgehead atoms. The molecular formula is C20H25FN4O5. The van der Waals surface area contributed by atoms with Gasteiger partial charge in [0.25, 0.3) is 0 Å². The molecule has 1 N–H and O–H groups in total. The average molecular weight is 420 g/mol. The van der Waals surface area contributed by atoms with Gasteiger partial charge in [0.1, 0.15) is 18.0 Å². The van der Waals surface area contributed by atoms with Crippen LogP contribution in [0.2, 0.25) is 0 Å². The smallest absolute Gasteiger partial charge is 0.414 e. The van der Waals surface area contributed by atoms with Crippen LogP contribution < -0.4 is 10.2 Å². The van der Waals surface area contributed by atoms with Crippen LogP contribution in [0.4, 0.5) is 14.9 Å². The summed E-state index contributed by atoms with van der Waals surface area (Å²) < 4.78 is 25.4. The molecule has 1 unspecified atom stereocenters. The molecular weight excluding hydrogens is 395 g/mol. The molecule has 0 spiro atoms. The molecule has 3 aliphatic heterocycles. The third-order valence-corrected chi connectivity index (χ3v) is 5.33. The topological polar surface area (TPSA) is 92.7 Å². The number of hydrogen-bond donors (Lipinski definition) is 1. The summed E-state index contributed by atoms with van der Waals surface area (Å²) in [5.41, 5.74) is 1.33. The van der Waals surface area contributed by atoms with E-state index >= 15 is 0 Å². The number of halogens is 1. The molecule has 3 aliphatic rings. The molecule has 0 radical (unpaired) electrons. The second kappa shape index (κ2) is 8.97. The molecule has 2 atom stereocenters. The number of amides is 2. The Balaban J connectivity index is 1.36. The van der Waals surface area contributed by atoms with Crippen molar-refractivity contribution in [2.75, 3.05) is 50.8 Å². The Morgan fingerprint density at radius 2 is 2.10 bits per heavy atom. The predicted octanol–water partition coefficient (Wildman–Crippen LogP) is 1.11. The predicted molar refractivity (Wildman–Crippen MR) is 106 cm³/mol. The lowest BCUT2D eigenvalue weighted by Crippen LogP contribution is -2.41. The fraction of sp³-hybridized carbons (Fsp3) is 0.550. The zero-order chi connectivity index (χ0) is 21.1. The van der Waals surface area contributed by atoms with Crippen molar-refractivity contribution in [1.82, 2.24) is 10.2 Å². The minimum Gasteiger partial charge on any atom is -0.442 e. The van der Waals surface area contributed by atoms with Gasteiger partial charge in [-0.2, -0.15) is 0 Å². The number of carbonyl (C=O) groups excluding carboxylic acids is 2. The highest BCUT2D eigenvalue weighted by Gasteiger charge is 2.33. The fourth-order valence-corrected chi connectivity index (χ4v) is 3.76. The summed E-state index contributed by atoms with van der Waals surface area (Å²) in [7, 11) is 0. The van der Waals surface area contributed by atoms with E-state index in [-0.39, 0.29) is 25.1 Å². The van der Waals surface area contributed by atoms with Crippen LogP contribution in [0.1, 0.15) is 18.9 Å². The SMILES string of the molecule is CC(=O)NC[C@H]1CN(c2ccc(C3=NOC(CN4CCOCC4)C3)c(F)c2)C(=O)O1. The van der Waals surface area contributed by atoms with Gasteiger partial charge in [-0.1, -0.05) is 5.16 Å². The summed E-state index contributed by atoms with van der Waals surface area (Å²) in [4.78, 5) is 32.3. The Kier molecular flexibility index (Phi) is 6.14. The van der Waals surface area contributed by atoms with Gasteiger partial charge in [0.05, 0.1) is 37.7 Å². The van der Waals surface area contributed by atoms with Crippen molar-refractivity contribution in [3.63, 3.8) is 0 Å². The van der Waals surface area contributed by atoms with E-state index in [4.69, 9.17) is 14.3 Å². The van der Waals surface area contributed by atoms with Gasteiger partial charge < -0.3 is 19.6 Å². The highest BCUT2D eigenvalue weighted by atomic mass is 19.1. The van der Waals surface area contributed by atoms with E-state index in [0.29, 0.717) is 36.6 Å². The fourth-order valence-electron chi connectivity index (χ4n) is 3.76. The largest absolute Gasteiger partial charge is 0.442 e. The van der Waals surface area contributed by atoms with Crippen LogP contribution >= 0.6 is 0 Å². The number of oxime groups is 1. The molecule has 0 aliphatic carbocycles. The number of benzene rings is 1. The second-order valence-electron chi connectivity index (χ2n) is 7.60. The highest BCUT2D eigenvalue weighted by Crippen LogP contribution is 2.26. The van der Waals surface area contributed by atoms with Crippen LogP contribution in [0.15, 0.2) is 23.4 Å². The number of cyclic esters (lactones) is 1. The lowest BCUT2D eigenvalue weighted by atomic mass is 10.0. The third kappa shape index (κ3) is 4.71. The monoisotopic (exact) mass is 420 g/mol. The van der Waals surface area contributed by atoms with Gasteiger partial charge in [-0.25, -0.2) is 9.18 Å². The molecule has 9 nitrogen and oxygen atoms in total. The molecule has 2 fully saturated rings. The number of nitrogens with zero attached hydrogens (tertiary/aromatic N) is 3. The van der Waals surface area contributed by atoms with E-state index in [9.17, 15) is 14.0 Å². The van der Waals surface area contributed by atoms with Crippen molar-refractivity contribution in [2.24, 2.45) is 5.16 Å². The summed E-state index contributed by atoms with van der Waals surface area (Å²) in [5.74, 6) is -0.675. The number of rotatable bonds is 6. The van der Waals surface area contributed by atoms with Crippen LogP contribution in [0, 0.1) is 5.82 Å². The Morgan fingerprint density at radius 1 is 1.30 bits per heavy atom. The molecule has 2 amide bonds. The molecule has 2 saturated heterocycles. The van der Waals surface area contributed by atoms with E-state index in [2.05, 4.69) is 15.4 Å². The van der Waals surface area contributed by atoms with Gasteiger partial charge in [0.15, 0.2) is 0 Å². The molecule has 10 heteroatoms. The maximum atomic E-state index is 14.8. The maximum Gasteiger partial charge on any atom is 0.414 e. The Morgan fingerprint density at radius 3 is 2.83 bits per heavy atom. The Labute approximate surface area is 173 Å². The van der Waals surface area contributed by atoms with Crippen molar-refractivity contribution >= 4 is 23.4 Å². The summed E-state index contributed by atoms with van der Waals surface area (Å²) in [6, 6.07) is 4.58. The van der Waals surface area contributed by atoms with Gasteiger partial charge >= 0.3 is 6.09 Å². The first kappa shape index (κ1) is 20.5. The van der Waals surface area contributed by atoms with Crippen molar-refractivity contribution in [3.8, 4) is 0 Å². The second-order valence-corrected chi connectivity index (χ2v) is 7.60. The molecule has 162 valence electrons. The Bertz CT molecular complexity index is 842. The van der Waals surface area contributed by atoms with Gasteiger partial charge in [0.2, 0.25) is 5.91 Å². The molecule has 1 aromatic carbocycles. The normalized spacial score (nSPS) is 24.4. The summed E-state index contributed by atoms with van der Waals surface area (Å²) in [6.45, 7) is 5.71.